The maximum atomic E-state index is 13.5. The van der Waals surface area contributed by atoms with Crippen LogP contribution in [0.15, 0.2) is 54.7 Å². The molecule has 0 bridgehead atoms. The number of nitrogens with zero attached hydrogens (tertiary/aromatic N) is 3. The molecule has 0 radical (unpaired) electrons. The lowest BCUT2D eigenvalue weighted by atomic mass is 9.97. The summed E-state index contributed by atoms with van der Waals surface area (Å²) in [7, 11) is 0. The molecular weight excluding hydrogens is 470 g/mol. The number of imidazole rings is 1. The number of hydrogen-bond donors (Lipinski definition) is 1. The van der Waals surface area contributed by atoms with Gasteiger partial charge in [-0.15, -0.1) is 0 Å². The molecule has 0 fully saturated rings. The zero-order valence-electron chi connectivity index (χ0n) is 19.3. The molecule has 5 rings (SSSR count). The third-order valence-electron chi connectivity index (χ3n) is 6.35. The highest BCUT2D eigenvalue weighted by atomic mass is 35.5. The summed E-state index contributed by atoms with van der Waals surface area (Å²) in [5.74, 6) is -1.28. The number of aromatic nitrogens is 2. The quantitative estimate of drug-likeness (QED) is 0.395. The number of hydrogen-bond acceptors (Lipinski definition) is 3. The van der Waals surface area contributed by atoms with Gasteiger partial charge in [-0.2, -0.15) is 0 Å². The molecule has 1 aliphatic rings. The number of pyridine rings is 1. The summed E-state index contributed by atoms with van der Waals surface area (Å²) in [6.07, 6.45) is 3.24. The molecule has 0 spiro atoms. The summed E-state index contributed by atoms with van der Waals surface area (Å²) in [5.41, 5.74) is 5.99. The minimum absolute atomic E-state index is 0.178. The molecule has 2 aromatic heterocycles. The number of carbonyl (C=O) groups is 1. The fraction of sp³-hybridized carbons (Fsp3) is 0.259. The van der Waals surface area contributed by atoms with E-state index in [1.165, 1.54) is 23.3 Å². The molecule has 0 unspecified atom stereocenters. The third-order valence-corrected chi connectivity index (χ3v) is 6.59. The summed E-state index contributed by atoms with van der Waals surface area (Å²) in [5, 5.41) is 3.60. The maximum Gasteiger partial charge on any atom is 0.270 e. The largest absolute Gasteiger partial charge is 0.347 e. The Labute approximate surface area is 207 Å². The predicted octanol–water partition coefficient (Wildman–Crippen LogP) is 5.32. The lowest BCUT2D eigenvalue weighted by Gasteiger charge is -2.29. The Bertz CT molecular complexity index is 1400. The zero-order chi connectivity index (χ0) is 24.5. The summed E-state index contributed by atoms with van der Waals surface area (Å²) < 4.78 is 28.8. The Morgan fingerprint density at radius 2 is 1.86 bits per heavy atom. The molecule has 2 aromatic carbocycles. The normalized spacial score (nSPS) is 13.7. The van der Waals surface area contributed by atoms with Crippen molar-refractivity contribution < 1.29 is 13.6 Å². The third kappa shape index (κ3) is 5.06. The van der Waals surface area contributed by atoms with Crippen LogP contribution < -0.4 is 5.32 Å². The molecule has 1 N–H and O–H groups in total. The van der Waals surface area contributed by atoms with Crippen LogP contribution in [0.1, 0.15) is 45.4 Å². The molecule has 5 nitrogen and oxygen atoms in total. The van der Waals surface area contributed by atoms with E-state index >= 15 is 0 Å². The molecule has 0 atom stereocenters. The van der Waals surface area contributed by atoms with E-state index in [-0.39, 0.29) is 5.91 Å². The number of amides is 1. The van der Waals surface area contributed by atoms with Crippen molar-refractivity contribution in [3.8, 4) is 0 Å². The number of benzene rings is 2. The Morgan fingerprint density at radius 1 is 1.06 bits per heavy atom. The topological polar surface area (TPSA) is 49.6 Å². The second kappa shape index (κ2) is 9.76. The number of aryl methyl sites for hydroxylation is 1. The van der Waals surface area contributed by atoms with Crippen molar-refractivity contribution in [1.29, 1.82) is 0 Å². The van der Waals surface area contributed by atoms with Crippen LogP contribution in [0.5, 0.6) is 0 Å². The monoisotopic (exact) mass is 494 g/mol. The van der Waals surface area contributed by atoms with Crippen molar-refractivity contribution in [3.05, 3.63) is 105 Å². The minimum atomic E-state index is -0.553. The number of nitrogens with one attached hydrogen (secondary N) is 1. The maximum absolute atomic E-state index is 13.5. The SMILES string of the molecule is CCc1nc2cc(Cl)ccn2c1C(=O)NCc1ccc2c(c1)CCN(Cc1cc(F)cc(F)c1)C2. The van der Waals surface area contributed by atoms with Gasteiger partial charge in [0.05, 0.1) is 5.69 Å². The Morgan fingerprint density at radius 3 is 2.63 bits per heavy atom. The first kappa shape index (κ1) is 23.5. The average Bonchev–Trinajstić information content (AvgIpc) is 3.19. The van der Waals surface area contributed by atoms with Crippen LogP contribution in [-0.2, 0) is 32.5 Å². The fourth-order valence-corrected chi connectivity index (χ4v) is 4.85. The molecular formula is C27H25ClF2N4O. The molecule has 0 saturated heterocycles. The van der Waals surface area contributed by atoms with Gasteiger partial charge in [-0.1, -0.05) is 36.7 Å². The number of fused-ring (bicyclic) bond motifs is 2. The Balaban J connectivity index is 1.25. The molecule has 8 heteroatoms. The number of carbonyl (C=O) groups excluding carboxylic acids is 1. The smallest absolute Gasteiger partial charge is 0.270 e. The van der Waals surface area contributed by atoms with E-state index < -0.39 is 11.6 Å². The second-order valence-corrected chi connectivity index (χ2v) is 9.29. The van der Waals surface area contributed by atoms with Crippen molar-refractivity contribution in [3.63, 3.8) is 0 Å². The fourth-order valence-electron chi connectivity index (χ4n) is 4.69. The van der Waals surface area contributed by atoms with Gasteiger partial charge in [0.25, 0.3) is 5.91 Å². The molecule has 180 valence electrons. The number of rotatable bonds is 6. The molecule has 1 amide bonds. The van der Waals surface area contributed by atoms with Gasteiger partial charge in [0.2, 0.25) is 0 Å². The first-order chi connectivity index (χ1) is 16.9. The summed E-state index contributed by atoms with van der Waals surface area (Å²) in [6, 6.07) is 13.4. The standard InChI is InChI=1S/C27H25ClF2N4O/c1-2-24-26(34-8-6-21(28)12-25(34)32-24)27(35)31-14-17-3-4-20-16-33(7-5-19(20)9-17)15-18-10-22(29)13-23(30)11-18/h3-4,6,8-13H,2,5,7,14-16H2,1H3,(H,31,35). The molecule has 3 heterocycles. The lowest BCUT2D eigenvalue weighted by Crippen LogP contribution is -2.30. The molecule has 1 aliphatic heterocycles. The number of halogens is 3. The van der Waals surface area contributed by atoms with E-state index in [4.69, 9.17) is 11.6 Å². The summed E-state index contributed by atoms with van der Waals surface area (Å²) in [4.78, 5) is 19.8. The van der Waals surface area contributed by atoms with Crippen LogP contribution in [0.3, 0.4) is 0 Å². The van der Waals surface area contributed by atoms with E-state index in [2.05, 4.69) is 27.3 Å². The van der Waals surface area contributed by atoms with E-state index in [0.717, 1.165) is 30.3 Å². The molecule has 0 aliphatic carbocycles. The van der Waals surface area contributed by atoms with E-state index in [1.807, 2.05) is 13.0 Å². The van der Waals surface area contributed by atoms with E-state index in [0.29, 0.717) is 48.0 Å². The Kier molecular flexibility index (Phi) is 6.54. The van der Waals surface area contributed by atoms with Crippen LogP contribution in [0, 0.1) is 11.6 Å². The molecule has 0 saturated carbocycles. The molecule has 4 aromatic rings. The van der Waals surface area contributed by atoms with Gasteiger partial charge in [-0.25, -0.2) is 13.8 Å². The van der Waals surface area contributed by atoms with Crippen molar-refractivity contribution in [2.75, 3.05) is 6.54 Å². The predicted molar refractivity (Wildman–Crippen MR) is 131 cm³/mol. The summed E-state index contributed by atoms with van der Waals surface area (Å²) >= 11 is 6.08. The van der Waals surface area contributed by atoms with Crippen molar-refractivity contribution in [2.24, 2.45) is 0 Å². The highest BCUT2D eigenvalue weighted by Crippen LogP contribution is 2.23. The van der Waals surface area contributed by atoms with Crippen molar-refractivity contribution in [2.45, 2.75) is 39.4 Å². The van der Waals surface area contributed by atoms with Crippen LogP contribution in [0.4, 0.5) is 8.78 Å². The first-order valence-electron chi connectivity index (χ1n) is 11.6. The van der Waals surface area contributed by atoms with E-state index in [9.17, 15) is 13.6 Å². The van der Waals surface area contributed by atoms with Crippen LogP contribution in [-0.4, -0.2) is 26.7 Å². The van der Waals surface area contributed by atoms with Crippen LogP contribution in [0.25, 0.3) is 5.65 Å². The van der Waals surface area contributed by atoms with Crippen molar-refractivity contribution in [1.82, 2.24) is 19.6 Å². The van der Waals surface area contributed by atoms with Gasteiger partial charge >= 0.3 is 0 Å². The first-order valence-corrected chi connectivity index (χ1v) is 12.0. The molecule has 35 heavy (non-hydrogen) atoms. The van der Waals surface area contributed by atoms with Crippen molar-refractivity contribution >= 4 is 23.2 Å². The van der Waals surface area contributed by atoms with Crippen LogP contribution >= 0.6 is 11.6 Å². The second-order valence-electron chi connectivity index (χ2n) is 8.86. The zero-order valence-corrected chi connectivity index (χ0v) is 20.1. The summed E-state index contributed by atoms with van der Waals surface area (Å²) in [6.45, 7) is 4.38. The minimum Gasteiger partial charge on any atom is -0.347 e. The van der Waals surface area contributed by atoms with Gasteiger partial charge in [0, 0.05) is 49.5 Å². The highest BCUT2D eigenvalue weighted by Gasteiger charge is 2.20. The highest BCUT2D eigenvalue weighted by molar-refractivity contribution is 6.30. The van der Waals surface area contributed by atoms with Gasteiger partial charge < -0.3 is 5.32 Å². The Hall–Kier alpha value is -3.29. The lowest BCUT2D eigenvalue weighted by molar-refractivity contribution is 0.0944. The van der Waals surface area contributed by atoms with Gasteiger partial charge in [-0.3, -0.25) is 14.1 Å². The van der Waals surface area contributed by atoms with Gasteiger partial charge in [0.1, 0.15) is 23.0 Å². The van der Waals surface area contributed by atoms with Gasteiger partial charge in [0.15, 0.2) is 0 Å². The van der Waals surface area contributed by atoms with Gasteiger partial charge in [-0.05, 0) is 53.3 Å². The van der Waals surface area contributed by atoms with E-state index in [1.54, 1.807) is 22.7 Å². The van der Waals surface area contributed by atoms with Crippen LogP contribution in [0.2, 0.25) is 5.02 Å². The average molecular weight is 495 g/mol.